The average molecular weight is 369 g/mol. The number of anilines is 1. The predicted octanol–water partition coefficient (Wildman–Crippen LogP) is 3.65. The van der Waals surface area contributed by atoms with E-state index in [1.165, 1.54) is 11.3 Å². The number of hydrogen-bond acceptors (Lipinski definition) is 5. The molecular formula is C19H19N3O3S. The zero-order valence-corrected chi connectivity index (χ0v) is 15.6. The molecule has 0 aliphatic carbocycles. The fourth-order valence-electron chi connectivity index (χ4n) is 2.40. The Labute approximate surface area is 155 Å². The van der Waals surface area contributed by atoms with Gasteiger partial charge in [-0.15, -0.1) is 11.3 Å². The standard InChI is InChI=1S/C19H19N3O3S/c1-12-4-7-15(8-5-12)22-17(10-13(2)21-22)20-18(23)11-25-19(24)16-9-6-14(3)26-16/h4-10H,11H2,1-3H3,(H,20,23). The molecule has 0 radical (unpaired) electrons. The highest BCUT2D eigenvalue weighted by atomic mass is 32.1. The Morgan fingerprint density at radius 3 is 2.50 bits per heavy atom. The van der Waals surface area contributed by atoms with Crippen LogP contribution in [0, 0.1) is 20.8 Å². The molecule has 1 N–H and O–H groups in total. The first-order valence-corrected chi connectivity index (χ1v) is 8.91. The third kappa shape index (κ3) is 4.18. The van der Waals surface area contributed by atoms with E-state index < -0.39 is 11.9 Å². The van der Waals surface area contributed by atoms with Gasteiger partial charge in [0.25, 0.3) is 5.91 Å². The molecule has 26 heavy (non-hydrogen) atoms. The third-order valence-electron chi connectivity index (χ3n) is 3.65. The lowest BCUT2D eigenvalue weighted by Crippen LogP contribution is -2.22. The van der Waals surface area contributed by atoms with Crippen LogP contribution in [0.2, 0.25) is 0 Å². The molecule has 0 bridgehead atoms. The molecule has 7 heteroatoms. The van der Waals surface area contributed by atoms with Gasteiger partial charge in [0.15, 0.2) is 6.61 Å². The fraction of sp³-hybridized carbons (Fsp3) is 0.211. The van der Waals surface area contributed by atoms with Gasteiger partial charge in [-0.3, -0.25) is 4.79 Å². The molecule has 0 atom stereocenters. The first-order valence-electron chi connectivity index (χ1n) is 8.09. The van der Waals surface area contributed by atoms with Crippen molar-refractivity contribution in [3.8, 4) is 5.69 Å². The lowest BCUT2D eigenvalue weighted by molar-refractivity contribution is -0.119. The van der Waals surface area contributed by atoms with Crippen LogP contribution in [0.5, 0.6) is 0 Å². The largest absolute Gasteiger partial charge is 0.451 e. The maximum atomic E-state index is 12.2. The number of rotatable bonds is 5. The van der Waals surface area contributed by atoms with Crippen LogP contribution in [0.4, 0.5) is 5.82 Å². The summed E-state index contributed by atoms with van der Waals surface area (Å²) >= 11 is 1.34. The molecule has 2 aromatic heterocycles. The third-order valence-corrected chi connectivity index (χ3v) is 4.63. The number of aromatic nitrogens is 2. The van der Waals surface area contributed by atoms with E-state index >= 15 is 0 Å². The minimum Gasteiger partial charge on any atom is -0.451 e. The highest BCUT2D eigenvalue weighted by Crippen LogP contribution is 2.18. The summed E-state index contributed by atoms with van der Waals surface area (Å²) in [5.41, 5.74) is 2.75. The maximum Gasteiger partial charge on any atom is 0.348 e. The molecule has 3 rings (SSSR count). The lowest BCUT2D eigenvalue weighted by atomic mass is 10.2. The second-order valence-corrected chi connectivity index (χ2v) is 7.24. The summed E-state index contributed by atoms with van der Waals surface area (Å²) in [6.45, 7) is 5.40. The van der Waals surface area contributed by atoms with E-state index in [0.29, 0.717) is 10.7 Å². The van der Waals surface area contributed by atoms with Crippen LogP contribution in [0.15, 0.2) is 42.5 Å². The Hall–Kier alpha value is -2.93. The number of hydrogen-bond donors (Lipinski definition) is 1. The number of benzene rings is 1. The van der Waals surface area contributed by atoms with E-state index in [0.717, 1.165) is 21.8 Å². The summed E-state index contributed by atoms with van der Waals surface area (Å²) in [5.74, 6) is -0.388. The number of aryl methyl sites for hydroxylation is 3. The van der Waals surface area contributed by atoms with Gasteiger partial charge in [-0.25, -0.2) is 9.48 Å². The minimum absolute atomic E-state index is 0.353. The molecule has 0 aliphatic heterocycles. The van der Waals surface area contributed by atoms with Gasteiger partial charge in [-0.05, 0) is 45.0 Å². The Bertz CT molecular complexity index is 941. The van der Waals surface area contributed by atoms with Crippen LogP contribution in [-0.2, 0) is 9.53 Å². The van der Waals surface area contributed by atoms with E-state index in [1.807, 2.05) is 51.1 Å². The summed E-state index contributed by atoms with van der Waals surface area (Å²) in [5, 5.41) is 7.15. The van der Waals surface area contributed by atoms with Crippen LogP contribution < -0.4 is 5.32 Å². The van der Waals surface area contributed by atoms with Crippen LogP contribution >= 0.6 is 11.3 Å². The summed E-state index contributed by atoms with van der Waals surface area (Å²) in [6, 6.07) is 13.1. The summed E-state index contributed by atoms with van der Waals surface area (Å²) in [4.78, 5) is 25.6. The molecule has 0 spiro atoms. The van der Waals surface area contributed by atoms with Crippen molar-refractivity contribution < 1.29 is 14.3 Å². The monoisotopic (exact) mass is 369 g/mol. The predicted molar refractivity (Wildman–Crippen MR) is 101 cm³/mol. The SMILES string of the molecule is Cc1ccc(-n2nc(C)cc2NC(=O)COC(=O)c2ccc(C)s2)cc1. The first-order chi connectivity index (χ1) is 12.4. The normalized spacial score (nSPS) is 10.6. The summed E-state index contributed by atoms with van der Waals surface area (Å²) in [7, 11) is 0. The van der Waals surface area contributed by atoms with Gasteiger partial charge in [0.1, 0.15) is 10.7 Å². The minimum atomic E-state index is -0.499. The van der Waals surface area contributed by atoms with Gasteiger partial charge in [0.2, 0.25) is 0 Å². The smallest absolute Gasteiger partial charge is 0.348 e. The van der Waals surface area contributed by atoms with Crippen molar-refractivity contribution in [1.82, 2.24) is 9.78 Å². The van der Waals surface area contributed by atoms with Gasteiger partial charge in [0, 0.05) is 10.9 Å². The number of ether oxygens (including phenoxy) is 1. The zero-order valence-electron chi connectivity index (χ0n) is 14.8. The Kier molecular flexibility index (Phi) is 5.18. The van der Waals surface area contributed by atoms with Crippen molar-refractivity contribution >= 4 is 29.0 Å². The van der Waals surface area contributed by atoms with E-state index in [1.54, 1.807) is 16.8 Å². The quantitative estimate of drug-likeness (QED) is 0.697. The molecule has 0 unspecified atom stereocenters. The number of carbonyl (C=O) groups is 2. The van der Waals surface area contributed by atoms with Crippen LogP contribution in [0.3, 0.4) is 0 Å². The highest BCUT2D eigenvalue weighted by Gasteiger charge is 2.14. The van der Waals surface area contributed by atoms with E-state index in [4.69, 9.17) is 4.74 Å². The van der Waals surface area contributed by atoms with Crippen LogP contribution in [-0.4, -0.2) is 28.3 Å². The molecule has 1 amide bonds. The van der Waals surface area contributed by atoms with Gasteiger partial charge < -0.3 is 10.1 Å². The molecule has 0 fully saturated rings. The molecule has 2 heterocycles. The number of amides is 1. The number of nitrogens with zero attached hydrogens (tertiary/aromatic N) is 2. The Morgan fingerprint density at radius 1 is 1.12 bits per heavy atom. The summed E-state index contributed by atoms with van der Waals surface area (Å²) in [6.07, 6.45) is 0. The zero-order chi connectivity index (χ0) is 18.7. The fourth-order valence-corrected chi connectivity index (χ4v) is 3.16. The topological polar surface area (TPSA) is 73.2 Å². The Morgan fingerprint density at radius 2 is 1.85 bits per heavy atom. The average Bonchev–Trinajstić information content (AvgIpc) is 3.19. The van der Waals surface area contributed by atoms with E-state index in [9.17, 15) is 9.59 Å². The molecular weight excluding hydrogens is 350 g/mol. The van der Waals surface area contributed by atoms with Crippen LogP contribution in [0.25, 0.3) is 5.69 Å². The lowest BCUT2D eigenvalue weighted by Gasteiger charge is -2.09. The molecule has 0 saturated heterocycles. The number of thiophene rings is 1. The van der Waals surface area contributed by atoms with Crippen molar-refractivity contribution in [3.05, 3.63) is 63.5 Å². The molecule has 134 valence electrons. The first kappa shape index (κ1) is 17.9. The van der Waals surface area contributed by atoms with Crippen molar-refractivity contribution in [2.75, 3.05) is 11.9 Å². The van der Waals surface area contributed by atoms with Crippen molar-refractivity contribution in [3.63, 3.8) is 0 Å². The molecule has 3 aromatic rings. The van der Waals surface area contributed by atoms with Gasteiger partial charge in [-0.2, -0.15) is 5.10 Å². The van der Waals surface area contributed by atoms with Gasteiger partial charge in [0.05, 0.1) is 11.4 Å². The summed E-state index contributed by atoms with van der Waals surface area (Å²) < 4.78 is 6.72. The van der Waals surface area contributed by atoms with Crippen molar-refractivity contribution in [1.29, 1.82) is 0 Å². The maximum absolute atomic E-state index is 12.2. The van der Waals surface area contributed by atoms with Crippen molar-refractivity contribution in [2.45, 2.75) is 20.8 Å². The second-order valence-electron chi connectivity index (χ2n) is 5.95. The highest BCUT2D eigenvalue weighted by molar-refractivity contribution is 7.13. The number of esters is 1. The molecule has 6 nitrogen and oxygen atoms in total. The molecule has 1 aromatic carbocycles. The van der Waals surface area contributed by atoms with Gasteiger partial charge >= 0.3 is 5.97 Å². The second kappa shape index (κ2) is 7.53. The van der Waals surface area contributed by atoms with Crippen molar-refractivity contribution in [2.24, 2.45) is 0 Å². The number of nitrogens with one attached hydrogen (secondary N) is 1. The molecule has 0 aliphatic rings. The Balaban J connectivity index is 1.66. The van der Waals surface area contributed by atoms with Crippen LogP contribution in [0.1, 0.15) is 25.8 Å². The molecule has 0 saturated carbocycles. The van der Waals surface area contributed by atoms with E-state index in [2.05, 4.69) is 10.4 Å². The van der Waals surface area contributed by atoms with E-state index in [-0.39, 0.29) is 6.61 Å². The van der Waals surface area contributed by atoms with Gasteiger partial charge in [-0.1, -0.05) is 17.7 Å². The number of carbonyl (C=O) groups excluding carboxylic acids is 2.